The lowest BCUT2D eigenvalue weighted by atomic mass is 10.1. The van der Waals surface area contributed by atoms with Crippen molar-refractivity contribution in [3.05, 3.63) is 94.9 Å². The van der Waals surface area contributed by atoms with Crippen LogP contribution in [0.15, 0.2) is 77.4 Å². The van der Waals surface area contributed by atoms with Gasteiger partial charge in [0.2, 0.25) is 5.90 Å². The largest absolute Gasteiger partial charge is 0.497 e. The average Bonchev–Trinajstić information content (AvgIpc) is 3.21. The van der Waals surface area contributed by atoms with Gasteiger partial charge in [0.15, 0.2) is 17.2 Å². The molecule has 0 saturated heterocycles. The quantitative estimate of drug-likeness (QED) is 0.286. The standard InChI is InChI=1S/C26H20FNO6/c1-3-32-23-14-16(7-12-22(23)33-25(29)18-5-4-6-20(15-18)31-2)13-21-26(30)34-24(28-21)17-8-10-19(27)11-9-17/h4-15H,3H2,1-2H3. The molecule has 0 N–H and O–H groups in total. The second-order valence-corrected chi connectivity index (χ2v) is 7.10. The van der Waals surface area contributed by atoms with Crippen molar-refractivity contribution in [3.63, 3.8) is 0 Å². The van der Waals surface area contributed by atoms with E-state index in [0.29, 0.717) is 34.8 Å². The fraction of sp³-hybridized carbons (Fsp3) is 0.115. The van der Waals surface area contributed by atoms with Crippen LogP contribution in [-0.4, -0.2) is 31.6 Å². The molecule has 0 atom stereocenters. The van der Waals surface area contributed by atoms with E-state index < -0.39 is 17.8 Å². The summed E-state index contributed by atoms with van der Waals surface area (Å²) in [7, 11) is 1.51. The van der Waals surface area contributed by atoms with Crippen molar-refractivity contribution in [2.75, 3.05) is 13.7 Å². The van der Waals surface area contributed by atoms with Crippen LogP contribution in [0.25, 0.3) is 6.08 Å². The predicted octanol–water partition coefficient (Wildman–Crippen LogP) is 4.80. The van der Waals surface area contributed by atoms with Crippen LogP contribution in [0.5, 0.6) is 17.2 Å². The third-order valence-corrected chi connectivity index (χ3v) is 4.79. The van der Waals surface area contributed by atoms with E-state index in [0.717, 1.165) is 0 Å². The van der Waals surface area contributed by atoms with E-state index in [1.54, 1.807) is 49.4 Å². The highest BCUT2D eigenvalue weighted by molar-refractivity contribution is 6.12. The highest BCUT2D eigenvalue weighted by Crippen LogP contribution is 2.31. The van der Waals surface area contributed by atoms with E-state index in [1.165, 1.54) is 37.5 Å². The Morgan fingerprint density at radius 2 is 1.85 bits per heavy atom. The van der Waals surface area contributed by atoms with Gasteiger partial charge in [-0.2, -0.15) is 0 Å². The number of esters is 2. The summed E-state index contributed by atoms with van der Waals surface area (Å²) >= 11 is 0. The van der Waals surface area contributed by atoms with Gasteiger partial charge in [-0.05, 0) is 73.2 Å². The van der Waals surface area contributed by atoms with Crippen LogP contribution in [0, 0.1) is 5.82 Å². The van der Waals surface area contributed by atoms with Crippen LogP contribution in [-0.2, 0) is 9.53 Å². The minimum Gasteiger partial charge on any atom is -0.497 e. The molecule has 0 saturated carbocycles. The number of carbonyl (C=O) groups is 2. The van der Waals surface area contributed by atoms with Gasteiger partial charge < -0.3 is 18.9 Å². The molecule has 7 nitrogen and oxygen atoms in total. The Balaban J connectivity index is 1.58. The number of rotatable bonds is 7. The van der Waals surface area contributed by atoms with Gasteiger partial charge in [-0.1, -0.05) is 12.1 Å². The molecule has 0 spiro atoms. The number of methoxy groups -OCH3 is 1. The van der Waals surface area contributed by atoms with E-state index in [9.17, 15) is 14.0 Å². The number of halogens is 1. The minimum atomic E-state index is -0.634. The fourth-order valence-electron chi connectivity index (χ4n) is 3.16. The van der Waals surface area contributed by atoms with Crippen molar-refractivity contribution < 1.29 is 32.9 Å². The number of hydrogen-bond donors (Lipinski definition) is 0. The number of benzene rings is 3. The first-order chi connectivity index (χ1) is 16.5. The number of aliphatic imine (C=N–C) groups is 1. The zero-order valence-electron chi connectivity index (χ0n) is 18.4. The normalized spacial score (nSPS) is 13.9. The molecule has 0 aliphatic carbocycles. The number of hydrogen-bond acceptors (Lipinski definition) is 7. The molecule has 0 unspecified atom stereocenters. The second kappa shape index (κ2) is 9.99. The summed E-state index contributed by atoms with van der Waals surface area (Å²) in [5, 5.41) is 0. The SMILES string of the molecule is CCOc1cc(C=C2N=C(c3ccc(F)cc3)OC2=O)ccc1OC(=O)c1cccc(OC)c1. The number of cyclic esters (lactones) is 1. The Kier molecular flexibility index (Phi) is 6.68. The van der Waals surface area contributed by atoms with Crippen molar-refractivity contribution in [1.82, 2.24) is 0 Å². The molecular formula is C26H20FNO6. The highest BCUT2D eigenvalue weighted by Gasteiger charge is 2.24. The van der Waals surface area contributed by atoms with E-state index in [1.807, 2.05) is 0 Å². The van der Waals surface area contributed by atoms with Gasteiger partial charge in [0.1, 0.15) is 11.6 Å². The second-order valence-electron chi connectivity index (χ2n) is 7.10. The van der Waals surface area contributed by atoms with Gasteiger partial charge in [-0.15, -0.1) is 0 Å². The summed E-state index contributed by atoms with van der Waals surface area (Å²) in [6, 6.07) is 16.9. The first-order valence-corrected chi connectivity index (χ1v) is 10.4. The molecule has 0 bridgehead atoms. The van der Waals surface area contributed by atoms with Gasteiger partial charge in [-0.25, -0.2) is 19.0 Å². The fourth-order valence-corrected chi connectivity index (χ4v) is 3.16. The molecule has 0 amide bonds. The van der Waals surface area contributed by atoms with E-state index in [-0.39, 0.29) is 17.3 Å². The lowest BCUT2D eigenvalue weighted by Gasteiger charge is -2.12. The monoisotopic (exact) mass is 461 g/mol. The van der Waals surface area contributed by atoms with Gasteiger partial charge in [0, 0.05) is 5.56 Å². The molecule has 8 heteroatoms. The molecule has 3 aromatic carbocycles. The zero-order chi connectivity index (χ0) is 24.1. The van der Waals surface area contributed by atoms with E-state index in [4.69, 9.17) is 18.9 Å². The van der Waals surface area contributed by atoms with Crippen LogP contribution >= 0.6 is 0 Å². The van der Waals surface area contributed by atoms with Crippen LogP contribution in [0.1, 0.15) is 28.4 Å². The maximum Gasteiger partial charge on any atom is 0.363 e. The molecule has 1 aliphatic rings. The average molecular weight is 461 g/mol. The Labute approximate surface area is 195 Å². The molecule has 0 radical (unpaired) electrons. The zero-order valence-corrected chi connectivity index (χ0v) is 18.4. The van der Waals surface area contributed by atoms with E-state index in [2.05, 4.69) is 4.99 Å². The van der Waals surface area contributed by atoms with Crippen LogP contribution in [0.3, 0.4) is 0 Å². The van der Waals surface area contributed by atoms with Crippen molar-refractivity contribution in [3.8, 4) is 17.2 Å². The number of ether oxygens (including phenoxy) is 4. The summed E-state index contributed by atoms with van der Waals surface area (Å²) in [4.78, 5) is 29.1. The van der Waals surface area contributed by atoms with E-state index >= 15 is 0 Å². The Morgan fingerprint density at radius 3 is 2.59 bits per heavy atom. The molecular weight excluding hydrogens is 441 g/mol. The number of carbonyl (C=O) groups excluding carboxylic acids is 2. The first kappa shape index (κ1) is 22.7. The van der Waals surface area contributed by atoms with Crippen molar-refractivity contribution in [2.45, 2.75) is 6.92 Å². The highest BCUT2D eigenvalue weighted by atomic mass is 19.1. The Morgan fingerprint density at radius 1 is 1.06 bits per heavy atom. The Bertz CT molecular complexity index is 1300. The van der Waals surface area contributed by atoms with Gasteiger partial charge in [-0.3, -0.25) is 0 Å². The third kappa shape index (κ3) is 5.12. The summed E-state index contributed by atoms with van der Waals surface area (Å²) in [5.41, 5.74) is 1.46. The van der Waals surface area contributed by atoms with Crippen LogP contribution < -0.4 is 14.2 Å². The maximum atomic E-state index is 13.1. The Hall–Kier alpha value is -4.46. The molecule has 172 valence electrons. The molecule has 4 rings (SSSR count). The maximum absolute atomic E-state index is 13.1. The lowest BCUT2D eigenvalue weighted by molar-refractivity contribution is -0.129. The van der Waals surface area contributed by atoms with Crippen LogP contribution in [0.4, 0.5) is 4.39 Å². The molecule has 0 aromatic heterocycles. The first-order valence-electron chi connectivity index (χ1n) is 10.4. The molecule has 3 aromatic rings. The summed E-state index contributed by atoms with van der Waals surface area (Å²) in [5.74, 6) is -0.441. The number of nitrogens with zero attached hydrogens (tertiary/aromatic N) is 1. The third-order valence-electron chi connectivity index (χ3n) is 4.79. The summed E-state index contributed by atoms with van der Waals surface area (Å²) in [6.45, 7) is 2.13. The topological polar surface area (TPSA) is 83.4 Å². The van der Waals surface area contributed by atoms with Crippen molar-refractivity contribution >= 4 is 23.9 Å². The molecule has 1 heterocycles. The lowest BCUT2D eigenvalue weighted by Crippen LogP contribution is -2.10. The van der Waals surface area contributed by atoms with Crippen LogP contribution in [0.2, 0.25) is 0 Å². The minimum absolute atomic E-state index is 0.0721. The van der Waals surface area contributed by atoms with Crippen molar-refractivity contribution in [2.24, 2.45) is 4.99 Å². The smallest absolute Gasteiger partial charge is 0.363 e. The molecule has 34 heavy (non-hydrogen) atoms. The van der Waals surface area contributed by atoms with Gasteiger partial charge in [0.25, 0.3) is 0 Å². The van der Waals surface area contributed by atoms with Crippen molar-refractivity contribution in [1.29, 1.82) is 0 Å². The summed E-state index contributed by atoms with van der Waals surface area (Å²) < 4.78 is 34.7. The molecule has 1 aliphatic heterocycles. The predicted molar refractivity (Wildman–Crippen MR) is 123 cm³/mol. The van der Waals surface area contributed by atoms with Gasteiger partial charge >= 0.3 is 11.9 Å². The van der Waals surface area contributed by atoms with Gasteiger partial charge in [0.05, 0.1) is 19.3 Å². The summed E-state index contributed by atoms with van der Waals surface area (Å²) in [6.07, 6.45) is 1.52. The molecule has 0 fully saturated rings.